The molecule has 2 N–H and O–H groups in total. The van der Waals surface area contributed by atoms with Crippen molar-refractivity contribution in [3.8, 4) is 11.3 Å². The first kappa shape index (κ1) is 19.3. The van der Waals surface area contributed by atoms with Gasteiger partial charge in [0.25, 0.3) is 0 Å². The molecular formula is C19H20FN7O. The van der Waals surface area contributed by atoms with Crippen LogP contribution in [0.3, 0.4) is 0 Å². The van der Waals surface area contributed by atoms with Crippen molar-refractivity contribution in [3.63, 3.8) is 0 Å². The van der Waals surface area contributed by atoms with E-state index < -0.39 is 5.67 Å². The Morgan fingerprint density at radius 1 is 1.11 bits per heavy atom. The van der Waals surface area contributed by atoms with Crippen molar-refractivity contribution in [1.82, 2.24) is 24.9 Å². The molecule has 28 heavy (non-hydrogen) atoms. The zero-order valence-corrected chi connectivity index (χ0v) is 16.0. The van der Waals surface area contributed by atoms with E-state index in [1.165, 1.54) is 33.3 Å². The van der Waals surface area contributed by atoms with Gasteiger partial charge in [-0.05, 0) is 32.9 Å². The standard InChI is InChI=1S/C19H20FN7O/c1-11-7-14(24-10-23-11)13-9-22-17(25-12(2)28)8-15(13)26-16-5-6-21-18(27-16)19(3,4)20/h5-10H,1-4H3,(H2,21,22,25,26,27,28). The fraction of sp³-hybridized carbons (Fsp3) is 0.263. The first-order chi connectivity index (χ1) is 13.2. The fourth-order valence-electron chi connectivity index (χ4n) is 2.47. The van der Waals surface area contributed by atoms with Crippen LogP contribution in [0.15, 0.2) is 36.9 Å². The largest absolute Gasteiger partial charge is 0.339 e. The molecule has 0 unspecified atom stereocenters. The molecule has 0 fully saturated rings. The third-order valence-corrected chi connectivity index (χ3v) is 3.74. The Hall–Kier alpha value is -3.49. The van der Waals surface area contributed by atoms with E-state index in [2.05, 4.69) is 35.6 Å². The highest BCUT2D eigenvalue weighted by atomic mass is 19.1. The number of anilines is 3. The highest BCUT2D eigenvalue weighted by Crippen LogP contribution is 2.31. The van der Waals surface area contributed by atoms with Crippen molar-refractivity contribution in [3.05, 3.63) is 48.4 Å². The minimum absolute atomic E-state index is 0.0630. The van der Waals surface area contributed by atoms with Crippen LogP contribution in [0.5, 0.6) is 0 Å². The number of aromatic nitrogens is 5. The lowest BCUT2D eigenvalue weighted by molar-refractivity contribution is -0.114. The summed E-state index contributed by atoms with van der Waals surface area (Å²) in [5.41, 5.74) is 1.05. The van der Waals surface area contributed by atoms with E-state index in [-0.39, 0.29) is 11.7 Å². The number of carbonyl (C=O) groups excluding carboxylic acids is 1. The molecule has 1 amide bonds. The predicted octanol–water partition coefficient (Wildman–Crippen LogP) is 3.54. The molecule has 144 valence electrons. The summed E-state index contributed by atoms with van der Waals surface area (Å²) in [5, 5.41) is 5.79. The summed E-state index contributed by atoms with van der Waals surface area (Å²) in [6, 6.07) is 5.11. The van der Waals surface area contributed by atoms with Gasteiger partial charge < -0.3 is 10.6 Å². The van der Waals surface area contributed by atoms with Crippen LogP contribution in [-0.4, -0.2) is 30.8 Å². The van der Waals surface area contributed by atoms with Gasteiger partial charge in [-0.15, -0.1) is 0 Å². The van der Waals surface area contributed by atoms with Crippen LogP contribution in [-0.2, 0) is 10.5 Å². The van der Waals surface area contributed by atoms with E-state index in [0.717, 1.165) is 5.69 Å². The molecule has 8 nitrogen and oxygen atoms in total. The number of halogens is 1. The van der Waals surface area contributed by atoms with Gasteiger partial charge >= 0.3 is 0 Å². The molecule has 0 aliphatic heterocycles. The quantitative estimate of drug-likeness (QED) is 0.696. The predicted molar refractivity (Wildman–Crippen MR) is 104 cm³/mol. The van der Waals surface area contributed by atoms with E-state index >= 15 is 0 Å². The lowest BCUT2D eigenvalue weighted by atomic mass is 10.1. The second-order valence-corrected chi connectivity index (χ2v) is 6.70. The van der Waals surface area contributed by atoms with Gasteiger partial charge in [0.2, 0.25) is 5.91 Å². The molecule has 9 heteroatoms. The molecule has 0 aliphatic rings. The van der Waals surface area contributed by atoms with Gasteiger partial charge in [0.1, 0.15) is 18.0 Å². The Morgan fingerprint density at radius 3 is 2.57 bits per heavy atom. The molecule has 3 aromatic heterocycles. The number of pyridine rings is 1. The van der Waals surface area contributed by atoms with E-state index in [0.29, 0.717) is 28.6 Å². The monoisotopic (exact) mass is 381 g/mol. The first-order valence-electron chi connectivity index (χ1n) is 8.58. The summed E-state index contributed by atoms with van der Waals surface area (Å²) < 4.78 is 14.2. The number of carbonyl (C=O) groups is 1. The van der Waals surface area contributed by atoms with Crippen molar-refractivity contribution in [2.24, 2.45) is 0 Å². The van der Waals surface area contributed by atoms with Crippen molar-refractivity contribution in [2.75, 3.05) is 10.6 Å². The Labute approximate surface area is 161 Å². The second-order valence-electron chi connectivity index (χ2n) is 6.70. The highest BCUT2D eigenvalue weighted by molar-refractivity contribution is 5.89. The minimum Gasteiger partial charge on any atom is -0.339 e. The van der Waals surface area contributed by atoms with Crippen LogP contribution < -0.4 is 10.6 Å². The summed E-state index contributed by atoms with van der Waals surface area (Å²) >= 11 is 0. The molecule has 3 aromatic rings. The van der Waals surface area contributed by atoms with Crippen molar-refractivity contribution >= 4 is 23.2 Å². The molecule has 0 atom stereocenters. The first-order valence-corrected chi connectivity index (χ1v) is 8.58. The number of hydrogen-bond donors (Lipinski definition) is 2. The number of rotatable bonds is 5. The molecule has 0 spiro atoms. The maximum Gasteiger partial charge on any atom is 0.222 e. The van der Waals surface area contributed by atoms with Crippen molar-refractivity contribution in [2.45, 2.75) is 33.4 Å². The van der Waals surface area contributed by atoms with Crippen molar-refractivity contribution in [1.29, 1.82) is 0 Å². The van der Waals surface area contributed by atoms with Gasteiger partial charge in [0.15, 0.2) is 11.5 Å². The number of aryl methyl sites for hydroxylation is 1. The Morgan fingerprint density at radius 2 is 1.89 bits per heavy atom. The number of amides is 1. The summed E-state index contributed by atoms with van der Waals surface area (Å²) in [4.78, 5) is 32.3. The Bertz CT molecular complexity index is 1020. The lowest BCUT2D eigenvalue weighted by Crippen LogP contribution is -2.15. The number of nitrogens with zero attached hydrogens (tertiary/aromatic N) is 5. The maximum atomic E-state index is 14.2. The second kappa shape index (κ2) is 7.63. The summed E-state index contributed by atoms with van der Waals surface area (Å²) in [7, 11) is 0. The number of hydrogen-bond acceptors (Lipinski definition) is 7. The SMILES string of the molecule is CC(=O)Nc1cc(Nc2ccnc(C(C)(C)F)n2)c(-c2cc(C)ncn2)cn1. The van der Waals surface area contributed by atoms with E-state index in [9.17, 15) is 9.18 Å². The molecule has 0 saturated carbocycles. The summed E-state index contributed by atoms with van der Waals surface area (Å²) in [6.45, 7) is 6.04. The zero-order chi connectivity index (χ0) is 20.3. The molecule has 0 aliphatic carbocycles. The minimum atomic E-state index is -1.68. The fourth-order valence-corrected chi connectivity index (χ4v) is 2.47. The molecule has 0 bridgehead atoms. The van der Waals surface area contributed by atoms with Gasteiger partial charge in [-0.25, -0.2) is 29.3 Å². The third kappa shape index (κ3) is 4.61. The summed E-state index contributed by atoms with van der Waals surface area (Å²) in [5.74, 6) is 0.591. The number of nitrogens with one attached hydrogen (secondary N) is 2. The van der Waals surface area contributed by atoms with Crippen LogP contribution in [0, 0.1) is 6.92 Å². The molecule has 3 rings (SSSR count). The average Bonchev–Trinajstić information content (AvgIpc) is 2.61. The zero-order valence-electron chi connectivity index (χ0n) is 16.0. The maximum absolute atomic E-state index is 14.2. The van der Waals surface area contributed by atoms with E-state index in [1.54, 1.807) is 18.3 Å². The molecule has 0 aromatic carbocycles. The van der Waals surface area contributed by atoms with E-state index in [4.69, 9.17) is 0 Å². The van der Waals surface area contributed by atoms with Crippen molar-refractivity contribution < 1.29 is 9.18 Å². The van der Waals surface area contributed by atoms with Crippen LogP contribution in [0.25, 0.3) is 11.3 Å². The average molecular weight is 381 g/mol. The van der Waals surface area contributed by atoms with Gasteiger partial charge in [0.05, 0.1) is 11.4 Å². The topological polar surface area (TPSA) is 106 Å². The molecule has 3 heterocycles. The third-order valence-electron chi connectivity index (χ3n) is 3.74. The summed E-state index contributed by atoms with van der Waals surface area (Å²) in [6.07, 6.45) is 4.54. The molecule has 0 radical (unpaired) electrons. The number of alkyl halides is 1. The molecular weight excluding hydrogens is 361 g/mol. The smallest absolute Gasteiger partial charge is 0.222 e. The van der Waals surface area contributed by atoms with Gasteiger partial charge in [0, 0.05) is 36.6 Å². The van der Waals surface area contributed by atoms with Crippen LogP contribution in [0.1, 0.15) is 32.3 Å². The Kier molecular flexibility index (Phi) is 5.25. The normalized spacial score (nSPS) is 11.2. The van der Waals surface area contributed by atoms with Gasteiger partial charge in [-0.3, -0.25) is 4.79 Å². The van der Waals surface area contributed by atoms with Crippen LogP contribution >= 0.6 is 0 Å². The lowest BCUT2D eigenvalue weighted by Gasteiger charge is -2.16. The highest BCUT2D eigenvalue weighted by Gasteiger charge is 2.23. The van der Waals surface area contributed by atoms with Gasteiger partial charge in [-0.2, -0.15) is 0 Å². The Balaban J connectivity index is 2.05. The molecule has 0 saturated heterocycles. The van der Waals surface area contributed by atoms with Crippen LogP contribution in [0.4, 0.5) is 21.7 Å². The van der Waals surface area contributed by atoms with E-state index in [1.807, 2.05) is 13.0 Å². The van der Waals surface area contributed by atoms with Crippen LogP contribution in [0.2, 0.25) is 0 Å². The van der Waals surface area contributed by atoms with Gasteiger partial charge in [-0.1, -0.05) is 0 Å².